The van der Waals surface area contributed by atoms with Crippen LogP contribution < -0.4 is 5.32 Å². The van der Waals surface area contributed by atoms with E-state index in [1.54, 1.807) is 11.8 Å². The smallest absolute Gasteiger partial charge is 0.410 e. The maximum Gasteiger partial charge on any atom is 0.410 e. The van der Waals surface area contributed by atoms with Gasteiger partial charge in [0.05, 0.1) is 0 Å². The number of aromatic hydroxyl groups is 1. The maximum absolute atomic E-state index is 12.0. The van der Waals surface area contributed by atoms with E-state index in [9.17, 15) is 9.90 Å². The first-order chi connectivity index (χ1) is 10.7. The minimum absolute atomic E-state index is 0.0335. The number of hydrogen-bond donors (Lipinski definition) is 2. The molecule has 1 aromatic heterocycles. The van der Waals surface area contributed by atoms with Gasteiger partial charge in [-0.15, -0.1) is 0 Å². The molecule has 1 amide bonds. The number of likely N-dealkylation sites (tertiary alicyclic amines) is 1. The molecule has 0 spiro atoms. The lowest BCUT2D eigenvalue weighted by Crippen LogP contribution is -2.44. The van der Waals surface area contributed by atoms with Crippen molar-refractivity contribution in [3.8, 4) is 5.75 Å². The molecule has 23 heavy (non-hydrogen) atoms. The van der Waals surface area contributed by atoms with Crippen molar-refractivity contribution < 1.29 is 14.6 Å². The molecule has 2 rings (SSSR count). The Morgan fingerprint density at radius 2 is 1.96 bits per heavy atom. The molecule has 128 valence electrons. The molecule has 0 aliphatic carbocycles. The Hall–Kier alpha value is -1.76. The fraction of sp³-hybridized carbons (Fsp3) is 0.667. The molecule has 8 heteroatoms. The fourth-order valence-corrected chi connectivity index (χ4v) is 2.57. The van der Waals surface area contributed by atoms with Gasteiger partial charge in [0.2, 0.25) is 0 Å². The number of amides is 1. The zero-order chi connectivity index (χ0) is 17.2. The molecule has 0 unspecified atom stereocenters. The summed E-state index contributed by atoms with van der Waals surface area (Å²) in [6.45, 7) is 8.44. The summed E-state index contributed by atoms with van der Waals surface area (Å²) in [6.07, 6.45) is 1.18. The van der Waals surface area contributed by atoms with E-state index in [-0.39, 0.29) is 23.0 Å². The number of piperidine rings is 1. The fourth-order valence-electron chi connectivity index (χ4n) is 2.36. The average Bonchev–Trinajstić information content (AvgIpc) is 2.43. The van der Waals surface area contributed by atoms with Gasteiger partial charge in [-0.25, -0.2) is 14.8 Å². The van der Waals surface area contributed by atoms with Gasteiger partial charge in [0, 0.05) is 19.1 Å². The highest BCUT2D eigenvalue weighted by molar-refractivity contribution is 6.31. The molecule has 1 saturated heterocycles. The Morgan fingerprint density at radius 1 is 1.35 bits per heavy atom. The van der Waals surface area contributed by atoms with Gasteiger partial charge in [-0.05, 0) is 40.5 Å². The van der Waals surface area contributed by atoms with Gasteiger partial charge >= 0.3 is 6.09 Å². The second kappa shape index (κ2) is 6.78. The number of hydrogen-bond acceptors (Lipinski definition) is 6. The van der Waals surface area contributed by atoms with E-state index in [4.69, 9.17) is 16.3 Å². The van der Waals surface area contributed by atoms with Gasteiger partial charge in [0.1, 0.15) is 11.4 Å². The number of rotatable bonds is 2. The summed E-state index contributed by atoms with van der Waals surface area (Å²) in [4.78, 5) is 21.8. The minimum atomic E-state index is -0.493. The molecule has 0 bridgehead atoms. The largest absolute Gasteiger partial charge is 0.502 e. The Morgan fingerprint density at radius 3 is 2.52 bits per heavy atom. The third kappa shape index (κ3) is 4.86. The number of nitrogens with one attached hydrogen (secondary N) is 1. The maximum atomic E-state index is 12.0. The van der Waals surface area contributed by atoms with Crippen LogP contribution >= 0.6 is 11.6 Å². The van der Waals surface area contributed by atoms with E-state index >= 15 is 0 Å². The van der Waals surface area contributed by atoms with E-state index in [0.717, 1.165) is 12.8 Å². The minimum Gasteiger partial charge on any atom is -0.502 e. The quantitative estimate of drug-likeness (QED) is 0.803. The number of nitrogens with zero attached hydrogens (tertiary/aromatic N) is 3. The second-order valence-electron chi connectivity index (χ2n) is 6.64. The van der Waals surface area contributed by atoms with Crippen molar-refractivity contribution in [2.24, 2.45) is 0 Å². The number of aryl methyl sites for hydroxylation is 1. The molecule has 1 aliphatic heterocycles. The lowest BCUT2D eigenvalue weighted by molar-refractivity contribution is 0.0210. The molecule has 1 aliphatic rings. The van der Waals surface area contributed by atoms with Crippen LogP contribution in [0.3, 0.4) is 0 Å². The third-order valence-corrected chi connectivity index (χ3v) is 3.70. The highest BCUT2D eigenvalue weighted by atomic mass is 35.5. The second-order valence-corrected chi connectivity index (χ2v) is 7.00. The Balaban J connectivity index is 1.92. The SMILES string of the molecule is Cc1nc(Cl)c(O)c(NC2CCN(C(=O)OC(C)(C)C)CC2)n1. The Kier molecular flexibility index (Phi) is 5.19. The van der Waals surface area contributed by atoms with Gasteiger partial charge < -0.3 is 20.1 Å². The Bertz CT molecular complexity index is 581. The van der Waals surface area contributed by atoms with E-state index in [1.807, 2.05) is 20.8 Å². The molecule has 0 saturated carbocycles. The van der Waals surface area contributed by atoms with Crippen molar-refractivity contribution in [2.75, 3.05) is 18.4 Å². The molecule has 1 fully saturated rings. The van der Waals surface area contributed by atoms with Gasteiger partial charge in [-0.3, -0.25) is 0 Å². The summed E-state index contributed by atoms with van der Waals surface area (Å²) in [5.41, 5.74) is -0.493. The van der Waals surface area contributed by atoms with Crippen molar-refractivity contribution in [2.45, 2.75) is 52.2 Å². The first-order valence-corrected chi connectivity index (χ1v) is 8.01. The summed E-state index contributed by atoms with van der Waals surface area (Å²) in [7, 11) is 0. The number of anilines is 1. The first-order valence-electron chi connectivity index (χ1n) is 7.63. The van der Waals surface area contributed by atoms with Gasteiger partial charge in [-0.1, -0.05) is 11.6 Å². The molecule has 0 radical (unpaired) electrons. The summed E-state index contributed by atoms with van der Waals surface area (Å²) in [6, 6.07) is 0.102. The molecular weight excluding hydrogens is 320 g/mol. The first kappa shape index (κ1) is 17.6. The number of carbonyl (C=O) groups is 1. The van der Waals surface area contributed by atoms with Crippen LogP contribution in [0.4, 0.5) is 10.6 Å². The zero-order valence-electron chi connectivity index (χ0n) is 13.9. The number of carbonyl (C=O) groups excluding carboxylic acids is 1. The molecule has 0 atom stereocenters. The van der Waals surface area contributed by atoms with Crippen molar-refractivity contribution >= 4 is 23.5 Å². The molecule has 2 N–H and O–H groups in total. The third-order valence-electron chi connectivity index (χ3n) is 3.44. The lowest BCUT2D eigenvalue weighted by Gasteiger charge is -2.34. The number of halogens is 1. The van der Waals surface area contributed by atoms with Crippen molar-refractivity contribution in [1.82, 2.24) is 14.9 Å². The predicted molar refractivity (Wildman–Crippen MR) is 87.9 cm³/mol. The summed E-state index contributed by atoms with van der Waals surface area (Å²) >= 11 is 5.85. The van der Waals surface area contributed by atoms with E-state index < -0.39 is 5.60 Å². The van der Waals surface area contributed by atoms with Crippen LogP contribution in [0, 0.1) is 6.92 Å². The monoisotopic (exact) mass is 342 g/mol. The summed E-state index contributed by atoms with van der Waals surface area (Å²) < 4.78 is 5.37. The lowest BCUT2D eigenvalue weighted by atomic mass is 10.1. The Labute approximate surface area is 141 Å². The molecule has 7 nitrogen and oxygen atoms in total. The molecular formula is C15H23ClN4O3. The normalized spacial score (nSPS) is 16.3. The highest BCUT2D eigenvalue weighted by Gasteiger charge is 2.27. The van der Waals surface area contributed by atoms with Gasteiger partial charge in [-0.2, -0.15) is 0 Å². The highest BCUT2D eigenvalue weighted by Crippen LogP contribution is 2.29. The van der Waals surface area contributed by atoms with Crippen molar-refractivity contribution in [1.29, 1.82) is 0 Å². The van der Waals surface area contributed by atoms with Crippen LogP contribution in [0.1, 0.15) is 39.4 Å². The van der Waals surface area contributed by atoms with Crippen molar-refractivity contribution in [3.05, 3.63) is 11.0 Å². The van der Waals surface area contributed by atoms with Gasteiger partial charge in [0.25, 0.3) is 0 Å². The topological polar surface area (TPSA) is 87.6 Å². The van der Waals surface area contributed by atoms with E-state index in [2.05, 4.69) is 15.3 Å². The van der Waals surface area contributed by atoms with Crippen molar-refractivity contribution in [3.63, 3.8) is 0 Å². The van der Waals surface area contributed by atoms with Crippen LogP contribution in [-0.2, 0) is 4.74 Å². The summed E-state index contributed by atoms with van der Waals surface area (Å²) in [5, 5.41) is 13.1. The molecule has 0 aromatic carbocycles. The summed E-state index contributed by atoms with van der Waals surface area (Å²) in [5.74, 6) is 0.673. The molecule has 2 heterocycles. The van der Waals surface area contributed by atoms with Crippen LogP contribution in [-0.4, -0.2) is 50.8 Å². The average molecular weight is 343 g/mol. The molecule has 1 aromatic rings. The van der Waals surface area contributed by atoms with E-state index in [0.29, 0.717) is 24.7 Å². The number of aromatic nitrogens is 2. The van der Waals surface area contributed by atoms with Crippen LogP contribution in [0.15, 0.2) is 0 Å². The predicted octanol–water partition coefficient (Wildman–Crippen LogP) is 2.96. The zero-order valence-corrected chi connectivity index (χ0v) is 14.6. The van der Waals surface area contributed by atoms with Crippen LogP contribution in [0.25, 0.3) is 0 Å². The van der Waals surface area contributed by atoms with Crippen LogP contribution in [0.5, 0.6) is 5.75 Å². The standard InChI is InChI=1S/C15H23ClN4O3/c1-9-17-12(16)11(21)13(18-9)19-10-5-7-20(8-6-10)14(22)23-15(2,3)4/h10,21H,5-8H2,1-4H3,(H,17,18,19). The van der Waals surface area contributed by atoms with E-state index in [1.165, 1.54) is 0 Å². The van der Waals surface area contributed by atoms with Crippen LogP contribution in [0.2, 0.25) is 5.15 Å². The van der Waals surface area contributed by atoms with Gasteiger partial charge in [0.15, 0.2) is 16.7 Å². The number of ether oxygens (including phenoxy) is 1.